The molecule has 0 aliphatic rings. The van der Waals surface area contributed by atoms with Gasteiger partial charge in [0, 0.05) is 18.2 Å². The molecule has 0 saturated heterocycles. The molecule has 0 bridgehead atoms. The zero-order valence-electron chi connectivity index (χ0n) is 12.9. The molecule has 4 nitrogen and oxygen atoms in total. The minimum absolute atomic E-state index is 0.430. The first-order valence-corrected chi connectivity index (χ1v) is 7.83. The Kier molecular flexibility index (Phi) is 5.42. The van der Waals surface area contributed by atoms with E-state index in [9.17, 15) is 0 Å². The molecule has 0 aliphatic heterocycles. The summed E-state index contributed by atoms with van der Waals surface area (Å²) < 4.78 is 12.1. The van der Waals surface area contributed by atoms with E-state index in [1.54, 1.807) is 0 Å². The van der Waals surface area contributed by atoms with Crippen molar-refractivity contribution < 1.29 is 9.26 Å². The van der Waals surface area contributed by atoms with E-state index in [1.165, 1.54) is 0 Å². The number of nitrogens with one attached hydrogen (secondary N) is 1. The van der Waals surface area contributed by atoms with Gasteiger partial charge in [-0.1, -0.05) is 31.1 Å². The Hall–Kier alpha value is -1.33. The van der Waals surface area contributed by atoms with Crippen molar-refractivity contribution in [3.8, 4) is 5.75 Å². The number of rotatable bonds is 6. The van der Waals surface area contributed by atoms with Gasteiger partial charge >= 0.3 is 0 Å². The molecule has 1 N–H and O–H groups in total. The van der Waals surface area contributed by atoms with Crippen molar-refractivity contribution in [1.29, 1.82) is 0 Å². The van der Waals surface area contributed by atoms with Crippen LogP contribution in [0.15, 0.2) is 27.2 Å². The largest absolute Gasteiger partial charge is 0.487 e. The molecule has 21 heavy (non-hydrogen) atoms. The number of para-hydroxylation sites is 1. The summed E-state index contributed by atoms with van der Waals surface area (Å²) >= 11 is 3.56. The summed E-state index contributed by atoms with van der Waals surface area (Å²) in [5, 5.41) is 7.37. The van der Waals surface area contributed by atoms with Gasteiger partial charge in [-0.05, 0) is 35.8 Å². The average molecular weight is 353 g/mol. The van der Waals surface area contributed by atoms with Crippen molar-refractivity contribution in [2.45, 2.75) is 46.9 Å². The molecule has 0 radical (unpaired) electrons. The Balaban J connectivity index is 2.15. The number of aromatic nitrogens is 1. The number of ether oxygens (including phenoxy) is 1. The highest BCUT2D eigenvalue weighted by molar-refractivity contribution is 9.10. The lowest BCUT2D eigenvalue weighted by atomic mass is 10.2. The molecule has 0 aliphatic carbocycles. The lowest BCUT2D eigenvalue weighted by Gasteiger charge is -2.15. The van der Waals surface area contributed by atoms with Crippen LogP contribution in [0.2, 0.25) is 0 Å². The van der Waals surface area contributed by atoms with E-state index < -0.39 is 0 Å². The monoisotopic (exact) mass is 352 g/mol. The summed E-state index contributed by atoms with van der Waals surface area (Å²) in [5.41, 5.74) is 3.01. The van der Waals surface area contributed by atoms with Crippen LogP contribution in [0.3, 0.4) is 0 Å². The zero-order chi connectivity index (χ0) is 15.4. The predicted octanol–water partition coefficient (Wildman–Crippen LogP) is 4.13. The molecule has 1 aromatic heterocycles. The van der Waals surface area contributed by atoms with Crippen LogP contribution in [0.5, 0.6) is 5.75 Å². The van der Waals surface area contributed by atoms with Crippen LogP contribution >= 0.6 is 15.9 Å². The molecule has 0 atom stereocenters. The lowest BCUT2D eigenvalue weighted by molar-refractivity contribution is 0.295. The maximum Gasteiger partial charge on any atom is 0.140 e. The maximum absolute atomic E-state index is 6.02. The van der Waals surface area contributed by atoms with Gasteiger partial charge in [0.05, 0.1) is 15.7 Å². The zero-order valence-corrected chi connectivity index (χ0v) is 14.5. The SMILES string of the molecule is Cc1noc(C)c1COc1c(Br)cccc1CNC(C)C. The molecule has 0 amide bonds. The van der Waals surface area contributed by atoms with Crippen molar-refractivity contribution in [2.75, 3.05) is 0 Å². The molecule has 114 valence electrons. The smallest absolute Gasteiger partial charge is 0.140 e. The number of aryl methyl sites for hydroxylation is 2. The highest BCUT2D eigenvalue weighted by atomic mass is 79.9. The minimum atomic E-state index is 0.430. The van der Waals surface area contributed by atoms with Crippen molar-refractivity contribution in [1.82, 2.24) is 10.5 Å². The molecule has 2 rings (SSSR count). The fraction of sp³-hybridized carbons (Fsp3) is 0.438. The first kappa shape index (κ1) is 16.0. The van der Waals surface area contributed by atoms with E-state index in [1.807, 2.05) is 26.0 Å². The van der Waals surface area contributed by atoms with Gasteiger partial charge in [-0.2, -0.15) is 0 Å². The van der Waals surface area contributed by atoms with Crippen molar-refractivity contribution in [2.24, 2.45) is 0 Å². The fourth-order valence-electron chi connectivity index (χ4n) is 2.02. The van der Waals surface area contributed by atoms with Crippen LogP contribution in [-0.4, -0.2) is 11.2 Å². The molecule has 0 fully saturated rings. The van der Waals surface area contributed by atoms with E-state index in [4.69, 9.17) is 9.26 Å². The molecule has 2 aromatic rings. The fourth-order valence-corrected chi connectivity index (χ4v) is 2.54. The third kappa shape index (κ3) is 4.08. The Labute approximate surface area is 134 Å². The summed E-state index contributed by atoms with van der Waals surface area (Å²) in [6, 6.07) is 6.51. The van der Waals surface area contributed by atoms with E-state index >= 15 is 0 Å². The van der Waals surface area contributed by atoms with Crippen LogP contribution in [0.4, 0.5) is 0 Å². The topological polar surface area (TPSA) is 47.3 Å². The normalized spacial score (nSPS) is 11.1. The highest BCUT2D eigenvalue weighted by Crippen LogP contribution is 2.30. The molecule has 5 heteroatoms. The Morgan fingerprint density at radius 2 is 2.10 bits per heavy atom. The molecular weight excluding hydrogens is 332 g/mol. The minimum Gasteiger partial charge on any atom is -0.487 e. The van der Waals surface area contributed by atoms with Crippen LogP contribution in [-0.2, 0) is 13.2 Å². The van der Waals surface area contributed by atoms with E-state index in [0.717, 1.165) is 39.3 Å². The number of halogens is 1. The van der Waals surface area contributed by atoms with Gasteiger partial charge in [0.15, 0.2) is 0 Å². The molecule has 1 aromatic carbocycles. The summed E-state index contributed by atoms with van der Waals surface area (Å²) in [6.07, 6.45) is 0. The van der Waals surface area contributed by atoms with Gasteiger partial charge in [-0.3, -0.25) is 0 Å². The second kappa shape index (κ2) is 7.09. The van der Waals surface area contributed by atoms with Gasteiger partial charge in [-0.15, -0.1) is 0 Å². The van der Waals surface area contributed by atoms with E-state index in [-0.39, 0.29) is 0 Å². The summed E-state index contributed by atoms with van der Waals surface area (Å²) in [7, 11) is 0. The Bertz CT molecular complexity index is 589. The second-order valence-electron chi connectivity index (χ2n) is 5.36. The van der Waals surface area contributed by atoms with Crippen LogP contribution in [0.25, 0.3) is 0 Å². The third-order valence-electron chi connectivity index (χ3n) is 3.29. The van der Waals surface area contributed by atoms with Crippen molar-refractivity contribution >= 4 is 15.9 Å². The number of benzene rings is 1. The third-order valence-corrected chi connectivity index (χ3v) is 3.92. The maximum atomic E-state index is 6.02. The van der Waals surface area contributed by atoms with Gasteiger partial charge in [0.25, 0.3) is 0 Å². The van der Waals surface area contributed by atoms with E-state index in [0.29, 0.717) is 12.6 Å². The molecule has 0 saturated carbocycles. The quantitative estimate of drug-likeness (QED) is 0.848. The number of hydrogen-bond donors (Lipinski definition) is 1. The molecular formula is C16H21BrN2O2. The van der Waals surface area contributed by atoms with Crippen molar-refractivity contribution in [3.63, 3.8) is 0 Å². The summed E-state index contributed by atoms with van der Waals surface area (Å²) in [5.74, 6) is 1.67. The first-order valence-electron chi connectivity index (χ1n) is 7.04. The summed E-state index contributed by atoms with van der Waals surface area (Å²) in [6.45, 7) is 9.31. The first-order chi connectivity index (χ1) is 9.99. The predicted molar refractivity (Wildman–Crippen MR) is 86.4 cm³/mol. The van der Waals surface area contributed by atoms with Crippen LogP contribution < -0.4 is 10.1 Å². The average Bonchev–Trinajstić information content (AvgIpc) is 2.75. The molecule has 1 heterocycles. The van der Waals surface area contributed by atoms with Gasteiger partial charge < -0.3 is 14.6 Å². The second-order valence-corrected chi connectivity index (χ2v) is 6.21. The lowest BCUT2D eigenvalue weighted by Crippen LogP contribution is -2.22. The van der Waals surface area contributed by atoms with Gasteiger partial charge in [0.2, 0.25) is 0 Å². The van der Waals surface area contributed by atoms with Gasteiger partial charge in [0.1, 0.15) is 18.1 Å². The Morgan fingerprint density at radius 3 is 2.71 bits per heavy atom. The van der Waals surface area contributed by atoms with Crippen molar-refractivity contribution in [3.05, 3.63) is 45.3 Å². The highest BCUT2D eigenvalue weighted by Gasteiger charge is 2.13. The van der Waals surface area contributed by atoms with Crippen LogP contribution in [0, 0.1) is 13.8 Å². The standard InChI is InChI=1S/C16H21BrN2O2/c1-10(2)18-8-13-6-5-7-15(17)16(13)20-9-14-11(3)19-21-12(14)4/h5-7,10,18H,8-9H2,1-4H3. The number of hydrogen-bond acceptors (Lipinski definition) is 4. The Morgan fingerprint density at radius 1 is 1.33 bits per heavy atom. The van der Waals surface area contributed by atoms with Gasteiger partial charge in [-0.25, -0.2) is 0 Å². The summed E-state index contributed by atoms with van der Waals surface area (Å²) in [4.78, 5) is 0. The van der Waals surface area contributed by atoms with Crippen LogP contribution in [0.1, 0.15) is 36.4 Å². The molecule has 0 spiro atoms. The molecule has 0 unspecified atom stereocenters. The van der Waals surface area contributed by atoms with E-state index in [2.05, 4.69) is 46.3 Å². The number of nitrogens with zero attached hydrogens (tertiary/aromatic N) is 1.